The molecule has 1 saturated heterocycles. The molecule has 4 N–H and O–H groups in total. The number of hydrogen-bond acceptors (Lipinski definition) is 16. The molecule has 1 fully saturated rings. The van der Waals surface area contributed by atoms with E-state index in [0.717, 1.165) is 30.7 Å². The predicted molar refractivity (Wildman–Crippen MR) is 362 cm³/mol. The summed E-state index contributed by atoms with van der Waals surface area (Å²) in [5.74, 6) is -7.94. The van der Waals surface area contributed by atoms with E-state index in [1.165, 1.54) is 54.4 Å². The van der Waals surface area contributed by atoms with Crippen molar-refractivity contribution in [3.05, 3.63) is 95.6 Å². The monoisotopic (exact) mass is 1340 g/mol. The van der Waals surface area contributed by atoms with E-state index in [2.05, 4.69) is 31.5 Å². The summed E-state index contributed by atoms with van der Waals surface area (Å²) in [5.41, 5.74) is 2.73. The van der Waals surface area contributed by atoms with E-state index >= 15 is 9.59 Å². The van der Waals surface area contributed by atoms with Crippen LogP contribution in [0.4, 0.5) is 21.0 Å². The lowest BCUT2D eigenvalue weighted by atomic mass is 9.99. The number of amides is 8. The van der Waals surface area contributed by atoms with Gasteiger partial charge in [0.2, 0.25) is 0 Å². The molecule has 1 aliphatic heterocycles. The Hall–Kier alpha value is -8.84. The highest BCUT2D eigenvalue weighted by molar-refractivity contribution is 5.95. The molecule has 528 valence electrons. The second-order valence-corrected chi connectivity index (χ2v) is 28.9. The van der Waals surface area contributed by atoms with Gasteiger partial charge in [0.1, 0.15) is 24.2 Å². The molecule has 3 heterocycles. The van der Waals surface area contributed by atoms with Crippen LogP contribution in [0.5, 0.6) is 0 Å². The number of urea groups is 2. The van der Waals surface area contributed by atoms with Gasteiger partial charge in [-0.15, -0.1) is 0 Å². The standard InChI is InChI=1S/C70H104N12O14/c1-41(2)29-53-63(87)93-45(9)59(83)77(17)56(32-44(7)8)66(90)96-58(34-48-23-27-50(28-24-48)38-82-40-52(36-72-82)74-68(92)76-70(14,15)16)62(86)80(20)54(30-42(3)4)64(88)94-46(10)60(84)78(18)55(31-43(5)6)65(89)95-57(61(85)79(53)19)33-47-21-25-49(26-22-47)37-81-39-51(35-71-81)73-67(91)75-69(11,12)13/h21-28,35-36,39-46,53-58H,29-34,37-38H2,1-20H3,(H2,73,75,91)(H2,74,76,92)/t45-,46-,53+,54+,55+,56+,57-,58-/m1/s1. The zero-order chi connectivity index (χ0) is 71.8. The van der Waals surface area contributed by atoms with Crippen LogP contribution in [0.15, 0.2) is 73.3 Å². The van der Waals surface area contributed by atoms with E-state index in [0.29, 0.717) is 35.6 Å². The van der Waals surface area contributed by atoms with Crippen molar-refractivity contribution in [3.63, 3.8) is 0 Å². The summed E-state index contributed by atoms with van der Waals surface area (Å²) in [6, 6.07) is 8.09. The largest absolute Gasteiger partial charge is 0.451 e. The third-order valence-corrected chi connectivity index (χ3v) is 15.8. The molecular formula is C70H104N12O14. The molecule has 8 amide bonds. The molecule has 0 bridgehead atoms. The highest BCUT2D eigenvalue weighted by Crippen LogP contribution is 2.26. The molecule has 26 nitrogen and oxygen atoms in total. The molecule has 8 atom stereocenters. The van der Waals surface area contributed by atoms with Crippen LogP contribution in [0, 0.1) is 23.7 Å². The number of rotatable bonds is 18. The summed E-state index contributed by atoms with van der Waals surface area (Å²) in [4.78, 5) is 148. The van der Waals surface area contributed by atoms with Crippen LogP contribution >= 0.6 is 0 Å². The summed E-state index contributed by atoms with van der Waals surface area (Å²) < 4.78 is 27.6. The van der Waals surface area contributed by atoms with Gasteiger partial charge in [-0.2, -0.15) is 10.2 Å². The maximum Gasteiger partial charge on any atom is 0.329 e. The molecule has 0 unspecified atom stereocenters. The minimum Gasteiger partial charge on any atom is -0.451 e. The Morgan fingerprint density at radius 2 is 0.688 bits per heavy atom. The highest BCUT2D eigenvalue weighted by Gasteiger charge is 2.43. The minimum absolute atomic E-state index is 0.0397. The molecule has 2 aromatic heterocycles. The third kappa shape index (κ3) is 23.8. The van der Waals surface area contributed by atoms with Gasteiger partial charge in [-0.3, -0.25) is 28.5 Å². The smallest absolute Gasteiger partial charge is 0.329 e. The molecular weight excluding hydrogens is 1230 g/mol. The highest BCUT2D eigenvalue weighted by atomic mass is 16.6. The second kappa shape index (κ2) is 34.2. The molecule has 96 heavy (non-hydrogen) atoms. The molecule has 0 spiro atoms. The van der Waals surface area contributed by atoms with Gasteiger partial charge in [-0.25, -0.2) is 28.8 Å². The van der Waals surface area contributed by atoms with Crippen LogP contribution in [0.2, 0.25) is 0 Å². The van der Waals surface area contributed by atoms with Gasteiger partial charge in [0, 0.05) is 64.5 Å². The average Bonchev–Trinajstić information content (AvgIpc) is 1.15. The summed E-state index contributed by atoms with van der Waals surface area (Å²) in [6.45, 7) is 29.1. The van der Waals surface area contributed by atoms with E-state index in [9.17, 15) is 38.4 Å². The minimum atomic E-state index is -1.60. The van der Waals surface area contributed by atoms with E-state index < -0.39 is 107 Å². The SMILES string of the molecule is CC(C)C[C@H]1C(=O)O[C@H](Cc2ccc(Cn3cc(NC(=O)NC(C)(C)C)cn3)cc2)C(=O)N(C)[C@@H](CC(C)C)C(=O)O[C@H](C)C(=O)N(C)[C@@H](CC(C)C)C(=O)O[C@H](Cc2ccc(Cn3cc(NC(=O)NC(C)(C)C)cn3)cc2)C(=O)N(C)[C@@H](CC(C)C)C(=O)O[C@H](C)C(=O)N1C. The first-order valence-corrected chi connectivity index (χ1v) is 33.0. The number of anilines is 2. The Kier molecular flexibility index (Phi) is 27.7. The Bertz CT molecular complexity index is 3090. The van der Waals surface area contributed by atoms with Crippen molar-refractivity contribution in [2.45, 2.75) is 222 Å². The van der Waals surface area contributed by atoms with Crippen molar-refractivity contribution in [3.8, 4) is 0 Å². The van der Waals surface area contributed by atoms with E-state index in [-0.39, 0.29) is 74.3 Å². The topological polar surface area (TPSA) is 304 Å². The summed E-state index contributed by atoms with van der Waals surface area (Å²) in [5, 5.41) is 20.0. The maximum absolute atomic E-state index is 15.2. The predicted octanol–water partition coefficient (Wildman–Crippen LogP) is 7.99. The van der Waals surface area contributed by atoms with Gasteiger partial charge in [-0.1, -0.05) is 104 Å². The number of hydrogen-bond donors (Lipinski definition) is 4. The number of aromatic nitrogens is 4. The zero-order valence-corrected chi connectivity index (χ0v) is 59.8. The zero-order valence-electron chi connectivity index (χ0n) is 59.8. The van der Waals surface area contributed by atoms with E-state index in [1.54, 1.807) is 70.3 Å². The van der Waals surface area contributed by atoms with Crippen LogP contribution in [0.25, 0.3) is 0 Å². The first-order chi connectivity index (χ1) is 44.7. The average molecular weight is 1340 g/mol. The maximum atomic E-state index is 15.2. The van der Waals surface area contributed by atoms with Gasteiger partial charge in [0.25, 0.3) is 23.6 Å². The molecule has 4 aromatic rings. The van der Waals surface area contributed by atoms with Crippen molar-refractivity contribution < 1.29 is 66.9 Å². The Balaban J connectivity index is 1.54. The molecule has 2 aromatic carbocycles. The van der Waals surface area contributed by atoms with Crippen molar-refractivity contribution in [1.29, 1.82) is 0 Å². The molecule has 1 aliphatic rings. The van der Waals surface area contributed by atoms with Gasteiger partial charge in [-0.05, 0) is 127 Å². The Labute approximate surface area is 565 Å². The fraction of sp³-hybridized carbons (Fsp3) is 0.600. The lowest BCUT2D eigenvalue weighted by Gasteiger charge is -2.35. The van der Waals surface area contributed by atoms with Crippen LogP contribution in [0.3, 0.4) is 0 Å². The molecule has 0 saturated carbocycles. The first-order valence-electron chi connectivity index (χ1n) is 33.0. The van der Waals surface area contributed by atoms with Gasteiger partial charge >= 0.3 is 35.9 Å². The number of cyclic esters (lactones) is 4. The fourth-order valence-electron chi connectivity index (χ4n) is 10.9. The Morgan fingerprint density at radius 3 is 0.958 bits per heavy atom. The van der Waals surface area contributed by atoms with E-state index in [1.807, 2.05) is 96.9 Å². The van der Waals surface area contributed by atoms with Crippen molar-refractivity contribution >= 4 is 70.9 Å². The second-order valence-electron chi connectivity index (χ2n) is 28.9. The van der Waals surface area contributed by atoms with Crippen molar-refractivity contribution in [2.24, 2.45) is 23.7 Å². The number of esters is 4. The van der Waals surface area contributed by atoms with Crippen LogP contribution in [0.1, 0.15) is 159 Å². The van der Waals surface area contributed by atoms with E-state index in [4.69, 9.17) is 18.9 Å². The summed E-state index contributed by atoms with van der Waals surface area (Å²) in [6.07, 6.45) is -0.115. The number of likely N-dealkylation sites (N-methyl/N-ethyl adjacent to an activating group) is 4. The number of nitrogens with one attached hydrogen (secondary N) is 4. The lowest BCUT2D eigenvalue weighted by Crippen LogP contribution is -2.55. The van der Waals surface area contributed by atoms with Crippen LogP contribution in [-0.2, 0) is 83.2 Å². The van der Waals surface area contributed by atoms with Gasteiger partial charge < -0.3 is 59.8 Å². The molecule has 26 heteroatoms. The first kappa shape index (κ1) is 77.9. The number of nitrogens with zero attached hydrogens (tertiary/aromatic N) is 8. The quantitative estimate of drug-likeness (QED) is 0.0542. The third-order valence-electron chi connectivity index (χ3n) is 15.8. The molecule has 0 aliphatic carbocycles. The molecule has 5 rings (SSSR count). The van der Waals surface area contributed by atoms with Crippen LogP contribution in [-0.4, -0.2) is 187 Å². The van der Waals surface area contributed by atoms with Crippen molar-refractivity contribution in [2.75, 3.05) is 38.8 Å². The Morgan fingerprint density at radius 1 is 0.427 bits per heavy atom. The van der Waals surface area contributed by atoms with Crippen molar-refractivity contribution in [1.82, 2.24) is 49.8 Å². The van der Waals surface area contributed by atoms with Gasteiger partial charge in [0.15, 0.2) is 24.4 Å². The summed E-state index contributed by atoms with van der Waals surface area (Å²) in [7, 11) is 5.47. The number of carbonyl (C=O) groups excluding carboxylic acids is 10. The lowest BCUT2D eigenvalue weighted by molar-refractivity contribution is -0.176. The normalized spacial score (nSPS) is 21.5. The number of carbonyl (C=O) groups is 10. The number of ether oxygens (including phenoxy) is 4. The molecule has 0 radical (unpaired) electrons. The number of benzene rings is 2. The fourth-order valence-corrected chi connectivity index (χ4v) is 10.9. The van der Waals surface area contributed by atoms with Gasteiger partial charge in [0.05, 0.1) is 36.9 Å². The van der Waals surface area contributed by atoms with Crippen LogP contribution < -0.4 is 21.3 Å². The summed E-state index contributed by atoms with van der Waals surface area (Å²) >= 11 is 0.